The second kappa shape index (κ2) is 7.58. The van der Waals surface area contributed by atoms with Crippen LogP contribution in [0.25, 0.3) is 16.7 Å². The fourth-order valence-corrected chi connectivity index (χ4v) is 2.68. The number of aromatic nitrogens is 4. The summed E-state index contributed by atoms with van der Waals surface area (Å²) in [6.45, 7) is 0.902. The van der Waals surface area contributed by atoms with E-state index in [1.807, 2.05) is 12.1 Å². The van der Waals surface area contributed by atoms with Crippen molar-refractivity contribution in [1.29, 1.82) is 0 Å². The molecule has 2 heterocycles. The lowest BCUT2D eigenvalue weighted by Crippen LogP contribution is -2.09. The first-order valence-electron chi connectivity index (χ1n) is 7.33. The van der Waals surface area contributed by atoms with E-state index in [1.165, 1.54) is 19.5 Å². The van der Waals surface area contributed by atoms with Gasteiger partial charge in [-0.3, -0.25) is 4.98 Å². The Morgan fingerprint density at radius 2 is 2.04 bits per heavy atom. The maximum Gasteiger partial charge on any atom is 0.358 e. The maximum atomic E-state index is 11.7. The Kier molecular flexibility index (Phi) is 5.25. The summed E-state index contributed by atoms with van der Waals surface area (Å²) in [6, 6.07) is 3.75. The van der Waals surface area contributed by atoms with Gasteiger partial charge in [0.1, 0.15) is 12.4 Å². The molecule has 2 aromatic heterocycles. The summed E-state index contributed by atoms with van der Waals surface area (Å²) >= 11 is 3.47. The third kappa shape index (κ3) is 3.62. The fraction of sp³-hybridized carbons (Fsp3) is 0.250. The van der Waals surface area contributed by atoms with Crippen LogP contribution in [0.5, 0.6) is 5.75 Å². The quantitative estimate of drug-likeness (QED) is 0.458. The molecular formula is C16H15BrN4O4. The number of hydrogen-bond acceptors (Lipinski definition) is 7. The van der Waals surface area contributed by atoms with E-state index in [4.69, 9.17) is 9.47 Å². The number of carbonyl (C=O) groups is 1. The summed E-state index contributed by atoms with van der Waals surface area (Å²) in [6.07, 6.45) is 4.54. The number of carbonyl (C=O) groups excluding carboxylic acids is 1. The molecule has 0 aliphatic carbocycles. The number of nitrogens with zero attached hydrogens (tertiary/aromatic N) is 4. The first kappa shape index (κ1) is 17.3. The van der Waals surface area contributed by atoms with Crippen LogP contribution in [0.4, 0.5) is 0 Å². The van der Waals surface area contributed by atoms with Gasteiger partial charge in [0.25, 0.3) is 0 Å². The third-order valence-electron chi connectivity index (χ3n) is 3.39. The molecule has 0 amide bonds. The Morgan fingerprint density at radius 1 is 1.20 bits per heavy atom. The average molecular weight is 407 g/mol. The molecule has 0 saturated carbocycles. The van der Waals surface area contributed by atoms with Gasteiger partial charge in [-0.15, -0.1) is 0 Å². The van der Waals surface area contributed by atoms with Gasteiger partial charge in [-0.2, -0.15) is 5.10 Å². The van der Waals surface area contributed by atoms with Gasteiger partial charge in [-0.05, 0) is 12.1 Å². The number of benzene rings is 1. The van der Waals surface area contributed by atoms with Crippen LogP contribution in [0.1, 0.15) is 10.5 Å². The highest BCUT2D eigenvalue weighted by molar-refractivity contribution is 9.10. The van der Waals surface area contributed by atoms with Crippen LogP contribution in [0.15, 0.2) is 35.2 Å². The largest absolute Gasteiger partial charge is 0.490 e. The van der Waals surface area contributed by atoms with Crippen molar-refractivity contribution < 1.29 is 19.0 Å². The first-order chi connectivity index (χ1) is 12.1. The number of methoxy groups -OCH3 is 2. The highest BCUT2D eigenvalue weighted by Crippen LogP contribution is 2.31. The molecule has 0 N–H and O–H groups in total. The molecule has 0 bridgehead atoms. The summed E-state index contributed by atoms with van der Waals surface area (Å²) in [7, 11) is 2.91. The average Bonchev–Trinajstić information content (AvgIpc) is 3.05. The number of hydrogen-bond donors (Lipinski definition) is 0. The Balaban J connectivity index is 2.05. The van der Waals surface area contributed by atoms with Crippen molar-refractivity contribution in [1.82, 2.24) is 19.7 Å². The zero-order valence-electron chi connectivity index (χ0n) is 13.6. The minimum atomic E-state index is -0.560. The molecule has 8 nitrogen and oxygen atoms in total. The van der Waals surface area contributed by atoms with Crippen LogP contribution < -0.4 is 4.74 Å². The molecule has 9 heteroatoms. The van der Waals surface area contributed by atoms with Crippen molar-refractivity contribution >= 4 is 32.8 Å². The second-order valence-corrected chi connectivity index (χ2v) is 5.90. The number of ether oxygens (including phenoxy) is 3. The second-order valence-electron chi connectivity index (χ2n) is 4.99. The van der Waals surface area contributed by atoms with Gasteiger partial charge < -0.3 is 14.2 Å². The summed E-state index contributed by atoms with van der Waals surface area (Å²) in [5, 5.41) is 5.16. The lowest BCUT2D eigenvalue weighted by Gasteiger charge is -2.08. The van der Waals surface area contributed by atoms with Gasteiger partial charge in [0.15, 0.2) is 11.5 Å². The zero-order chi connectivity index (χ0) is 17.8. The van der Waals surface area contributed by atoms with E-state index in [1.54, 1.807) is 18.0 Å². The van der Waals surface area contributed by atoms with Crippen molar-refractivity contribution in [3.8, 4) is 11.6 Å². The molecule has 3 rings (SSSR count). The van der Waals surface area contributed by atoms with Gasteiger partial charge in [0.2, 0.25) is 0 Å². The van der Waals surface area contributed by atoms with Gasteiger partial charge in [0.05, 0.1) is 43.2 Å². The molecule has 0 unspecified atom stereocenters. The van der Waals surface area contributed by atoms with Gasteiger partial charge >= 0.3 is 5.97 Å². The predicted octanol–water partition coefficient (Wildman–Crippen LogP) is 2.39. The standard InChI is InChI=1S/C16H15BrN4O4/c1-23-3-4-25-14-6-10(17)5-13-11(14)7-19-21(13)15-9-18-8-12(20-15)16(22)24-2/h5-9H,3-4H2,1-2H3. The molecular weight excluding hydrogens is 392 g/mol. The van der Waals surface area contributed by atoms with Crippen molar-refractivity contribution in [3.05, 3.63) is 40.9 Å². The normalized spacial score (nSPS) is 10.8. The van der Waals surface area contributed by atoms with E-state index >= 15 is 0 Å². The number of halogens is 1. The van der Waals surface area contributed by atoms with Crippen LogP contribution in [0.3, 0.4) is 0 Å². The molecule has 25 heavy (non-hydrogen) atoms. The Labute approximate surface area is 151 Å². The molecule has 0 atom stereocenters. The fourth-order valence-electron chi connectivity index (χ4n) is 2.26. The topological polar surface area (TPSA) is 88.4 Å². The number of esters is 1. The zero-order valence-corrected chi connectivity index (χ0v) is 15.2. The number of rotatable bonds is 6. The van der Waals surface area contributed by atoms with Crippen molar-refractivity contribution in [2.45, 2.75) is 0 Å². The van der Waals surface area contributed by atoms with Crippen molar-refractivity contribution in [2.24, 2.45) is 0 Å². The third-order valence-corrected chi connectivity index (χ3v) is 3.85. The lowest BCUT2D eigenvalue weighted by atomic mass is 10.2. The number of fused-ring (bicyclic) bond motifs is 1. The highest BCUT2D eigenvalue weighted by atomic mass is 79.9. The molecule has 0 spiro atoms. The van der Waals surface area contributed by atoms with E-state index in [0.717, 1.165) is 15.4 Å². The van der Waals surface area contributed by atoms with Crippen LogP contribution >= 0.6 is 15.9 Å². The summed E-state index contributed by atoms with van der Waals surface area (Å²) < 4.78 is 17.8. The van der Waals surface area contributed by atoms with Crippen LogP contribution in [0.2, 0.25) is 0 Å². The SMILES string of the molecule is COCCOc1cc(Br)cc2c1cnn2-c1cncc(C(=O)OC)n1. The van der Waals surface area contributed by atoms with E-state index in [-0.39, 0.29) is 5.69 Å². The van der Waals surface area contributed by atoms with Crippen LogP contribution in [-0.2, 0) is 9.47 Å². The maximum absolute atomic E-state index is 11.7. The lowest BCUT2D eigenvalue weighted by molar-refractivity contribution is 0.0593. The summed E-state index contributed by atoms with van der Waals surface area (Å²) in [4.78, 5) is 20.0. The smallest absolute Gasteiger partial charge is 0.358 e. The Hall–Kier alpha value is -2.52. The predicted molar refractivity (Wildman–Crippen MR) is 93.1 cm³/mol. The van der Waals surface area contributed by atoms with E-state index in [0.29, 0.717) is 24.8 Å². The minimum Gasteiger partial charge on any atom is -0.490 e. The van der Waals surface area contributed by atoms with Gasteiger partial charge in [0, 0.05) is 11.6 Å². The molecule has 0 radical (unpaired) electrons. The van der Waals surface area contributed by atoms with E-state index in [9.17, 15) is 4.79 Å². The minimum absolute atomic E-state index is 0.107. The monoisotopic (exact) mass is 406 g/mol. The van der Waals surface area contributed by atoms with Crippen molar-refractivity contribution in [2.75, 3.05) is 27.4 Å². The van der Waals surface area contributed by atoms with Crippen molar-refractivity contribution in [3.63, 3.8) is 0 Å². The van der Waals surface area contributed by atoms with Crippen LogP contribution in [0, 0.1) is 0 Å². The molecule has 0 aliphatic rings. The molecule has 0 aliphatic heterocycles. The highest BCUT2D eigenvalue weighted by Gasteiger charge is 2.15. The van der Waals surface area contributed by atoms with Gasteiger partial charge in [-0.25, -0.2) is 14.5 Å². The molecule has 0 saturated heterocycles. The molecule has 1 aromatic carbocycles. The Morgan fingerprint density at radius 3 is 2.80 bits per heavy atom. The Bertz CT molecular complexity index is 912. The van der Waals surface area contributed by atoms with E-state index < -0.39 is 5.97 Å². The summed E-state index contributed by atoms with van der Waals surface area (Å²) in [5.74, 6) is 0.513. The summed E-state index contributed by atoms with van der Waals surface area (Å²) in [5.41, 5.74) is 0.869. The van der Waals surface area contributed by atoms with Crippen LogP contribution in [-0.4, -0.2) is 53.2 Å². The molecule has 3 aromatic rings. The van der Waals surface area contributed by atoms with Gasteiger partial charge in [-0.1, -0.05) is 15.9 Å². The first-order valence-corrected chi connectivity index (χ1v) is 8.13. The molecule has 130 valence electrons. The molecule has 0 fully saturated rings. The van der Waals surface area contributed by atoms with E-state index in [2.05, 4.69) is 35.7 Å².